The van der Waals surface area contributed by atoms with Gasteiger partial charge in [0, 0.05) is 26.2 Å². The maximum absolute atomic E-state index is 12.3. The highest BCUT2D eigenvalue weighted by atomic mass is 16.5. The van der Waals surface area contributed by atoms with Gasteiger partial charge < -0.3 is 10.1 Å². The molecule has 8 nitrogen and oxygen atoms in total. The van der Waals surface area contributed by atoms with Crippen LogP contribution in [-0.2, 0) is 11.8 Å². The van der Waals surface area contributed by atoms with Crippen molar-refractivity contribution in [3.05, 3.63) is 11.3 Å². The van der Waals surface area contributed by atoms with Crippen molar-refractivity contribution in [2.24, 2.45) is 7.05 Å². The molecule has 0 spiro atoms. The van der Waals surface area contributed by atoms with Crippen LogP contribution in [0.25, 0.3) is 0 Å². The zero-order valence-electron chi connectivity index (χ0n) is 15.6. The number of urea groups is 1. The van der Waals surface area contributed by atoms with E-state index >= 15 is 0 Å². The summed E-state index contributed by atoms with van der Waals surface area (Å²) in [6.45, 7) is 7.44. The molecule has 3 heterocycles. The highest BCUT2D eigenvalue weighted by Gasteiger charge is 2.44. The van der Waals surface area contributed by atoms with Crippen LogP contribution in [0.4, 0.5) is 4.79 Å². The molecular weight excluding hydrogens is 322 g/mol. The Labute approximate surface area is 148 Å². The van der Waals surface area contributed by atoms with E-state index in [9.17, 15) is 9.59 Å². The molecule has 1 unspecified atom stereocenters. The fourth-order valence-corrected chi connectivity index (χ4v) is 3.95. The summed E-state index contributed by atoms with van der Waals surface area (Å²) in [5, 5.41) is 7.21. The van der Waals surface area contributed by atoms with Crippen LogP contribution >= 0.6 is 0 Å². The van der Waals surface area contributed by atoms with Gasteiger partial charge in [0.15, 0.2) is 0 Å². The van der Waals surface area contributed by atoms with Crippen molar-refractivity contribution in [1.29, 1.82) is 0 Å². The van der Waals surface area contributed by atoms with E-state index in [-0.39, 0.29) is 18.0 Å². The van der Waals surface area contributed by atoms with Crippen molar-refractivity contribution < 1.29 is 14.3 Å². The molecular formula is C17H27N5O3. The summed E-state index contributed by atoms with van der Waals surface area (Å²) >= 11 is 0. The van der Waals surface area contributed by atoms with Gasteiger partial charge in [-0.05, 0) is 40.2 Å². The molecule has 1 aromatic heterocycles. The van der Waals surface area contributed by atoms with Crippen LogP contribution in [0.3, 0.4) is 0 Å². The van der Waals surface area contributed by atoms with Gasteiger partial charge in [0.25, 0.3) is 5.91 Å². The van der Waals surface area contributed by atoms with Gasteiger partial charge in [-0.25, -0.2) is 9.48 Å². The molecule has 2 fully saturated rings. The van der Waals surface area contributed by atoms with Crippen LogP contribution in [0, 0.1) is 6.92 Å². The van der Waals surface area contributed by atoms with Crippen LogP contribution in [-0.4, -0.2) is 63.8 Å². The third-order valence-corrected chi connectivity index (χ3v) is 5.16. The molecule has 1 aromatic rings. The van der Waals surface area contributed by atoms with Crippen LogP contribution in [0.15, 0.2) is 0 Å². The Kier molecular flexibility index (Phi) is 4.49. The van der Waals surface area contributed by atoms with E-state index in [0.717, 1.165) is 36.5 Å². The topological polar surface area (TPSA) is 79.7 Å². The third-order valence-electron chi connectivity index (χ3n) is 5.16. The van der Waals surface area contributed by atoms with Crippen LogP contribution in [0.2, 0.25) is 0 Å². The summed E-state index contributed by atoms with van der Waals surface area (Å²) in [6, 6.07) is -0.0988. The maximum atomic E-state index is 12.3. The lowest BCUT2D eigenvalue weighted by Crippen LogP contribution is -2.41. The van der Waals surface area contributed by atoms with Crippen molar-refractivity contribution in [2.75, 3.05) is 26.7 Å². The minimum Gasteiger partial charge on any atom is -0.481 e. The fraction of sp³-hybridized carbons (Fsp3) is 0.706. The van der Waals surface area contributed by atoms with Gasteiger partial charge in [-0.3, -0.25) is 14.6 Å². The fourth-order valence-electron chi connectivity index (χ4n) is 3.95. The summed E-state index contributed by atoms with van der Waals surface area (Å²) in [7, 11) is 3.54. The number of carbonyl (C=O) groups is 2. The summed E-state index contributed by atoms with van der Waals surface area (Å²) < 4.78 is 7.31. The Morgan fingerprint density at radius 1 is 1.32 bits per heavy atom. The highest BCUT2D eigenvalue weighted by molar-refractivity contribution is 6.06. The van der Waals surface area contributed by atoms with E-state index in [4.69, 9.17) is 4.74 Å². The SMILES string of the molecule is COc1c(C2CCCN2CCN2C(=O)NC(C)(C)C2=O)c(C)nn1C. The first-order valence-corrected chi connectivity index (χ1v) is 8.72. The smallest absolute Gasteiger partial charge is 0.325 e. The predicted octanol–water partition coefficient (Wildman–Crippen LogP) is 1.20. The summed E-state index contributed by atoms with van der Waals surface area (Å²) in [5.74, 6) is 0.619. The standard InChI is InChI=1S/C17H27N5O3/c1-11-13(14(25-5)20(4)19-11)12-7-6-8-21(12)9-10-22-15(23)17(2,3)18-16(22)24/h12H,6-10H2,1-5H3,(H,18,24). The molecule has 138 valence electrons. The van der Waals surface area contributed by atoms with E-state index in [1.807, 2.05) is 14.0 Å². The molecule has 0 radical (unpaired) electrons. The van der Waals surface area contributed by atoms with Crippen molar-refractivity contribution >= 4 is 11.9 Å². The van der Waals surface area contributed by atoms with Crippen LogP contribution in [0.5, 0.6) is 5.88 Å². The van der Waals surface area contributed by atoms with Gasteiger partial charge in [0.2, 0.25) is 5.88 Å². The van der Waals surface area contributed by atoms with E-state index < -0.39 is 5.54 Å². The second-order valence-corrected chi connectivity index (χ2v) is 7.34. The summed E-state index contributed by atoms with van der Waals surface area (Å²) in [6.07, 6.45) is 2.10. The van der Waals surface area contributed by atoms with E-state index in [1.165, 1.54) is 4.90 Å². The maximum Gasteiger partial charge on any atom is 0.325 e. The Balaban J connectivity index is 1.73. The molecule has 2 saturated heterocycles. The van der Waals surface area contributed by atoms with Gasteiger partial charge in [-0.1, -0.05) is 0 Å². The van der Waals surface area contributed by atoms with Gasteiger partial charge in [0.1, 0.15) is 5.54 Å². The average molecular weight is 349 g/mol. The lowest BCUT2D eigenvalue weighted by molar-refractivity contribution is -0.130. The van der Waals surface area contributed by atoms with E-state index in [0.29, 0.717) is 13.1 Å². The number of methoxy groups -OCH3 is 1. The number of carbonyl (C=O) groups excluding carboxylic acids is 2. The van der Waals surface area contributed by atoms with Crippen LogP contribution < -0.4 is 10.1 Å². The number of aromatic nitrogens is 2. The zero-order valence-corrected chi connectivity index (χ0v) is 15.6. The molecule has 0 bridgehead atoms. The van der Waals surface area contributed by atoms with E-state index in [2.05, 4.69) is 15.3 Å². The minimum absolute atomic E-state index is 0.164. The lowest BCUT2D eigenvalue weighted by Gasteiger charge is -2.26. The molecule has 0 saturated carbocycles. The van der Waals surface area contributed by atoms with Crippen molar-refractivity contribution in [3.8, 4) is 5.88 Å². The predicted molar refractivity (Wildman–Crippen MR) is 92.4 cm³/mol. The zero-order chi connectivity index (χ0) is 18.4. The number of ether oxygens (including phenoxy) is 1. The first-order chi connectivity index (χ1) is 11.8. The first-order valence-electron chi connectivity index (χ1n) is 8.72. The molecule has 8 heteroatoms. The molecule has 1 atom stereocenters. The number of amides is 3. The quantitative estimate of drug-likeness (QED) is 0.808. The summed E-state index contributed by atoms with van der Waals surface area (Å²) in [4.78, 5) is 28.0. The molecule has 2 aliphatic rings. The first kappa shape index (κ1) is 17.7. The molecule has 0 aromatic carbocycles. The number of likely N-dealkylation sites (tertiary alicyclic amines) is 1. The molecule has 3 amide bonds. The Bertz CT molecular complexity index is 697. The minimum atomic E-state index is -0.815. The molecule has 25 heavy (non-hydrogen) atoms. The number of hydrogen-bond donors (Lipinski definition) is 1. The monoisotopic (exact) mass is 349 g/mol. The van der Waals surface area contributed by atoms with E-state index in [1.54, 1.807) is 25.6 Å². The number of aryl methyl sites for hydroxylation is 2. The Morgan fingerprint density at radius 3 is 2.64 bits per heavy atom. The summed E-state index contributed by atoms with van der Waals surface area (Å²) in [5.41, 5.74) is 1.26. The number of nitrogens with one attached hydrogen (secondary N) is 1. The van der Waals surface area contributed by atoms with Crippen molar-refractivity contribution in [3.63, 3.8) is 0 Å². The number of rotatable bonds is 5. The van der Waals surface area contributed by atoms with Gasteiger partial charge in [0.05, 0.1) is 18.4 Å². The second-order valence-electron chi connectivity index (χ2n) is 7.34. The average Bonchev–Trinajstić information content (AvgIpc) is 3.14. The van der Waals surface area contributed by atoms with Gasteiger partial charge >= 0.3 is 6.03 Å². The molecule has 3 rings (SSSR count). The second kappa shape index (κ2) is 6.33. The third kappa shape index (κ3) is 2.99. The highest BCUT2D eigenvalue weighted by Crippen LogP contribution is 2.38. The van der Waals surface area contributed by atoms with Crippen LogP contribution in [0.1, 0.15) is 44.0 Å². The number of nitrogens with zero attached hydrogens (tertiary/aromatic N) is 4. The van der Waals surface area contributed by atoms with Gasteiger partial charge in [-0.15, -0.1) is 0 Å². The van der Waals surface area contributed by atoms with Crippen molar-refractivity contribution in [1.82, 2.24) is 24.9 Å². The van der Waals surface area contributed by atoms with Crippen molar-refractivity contribution in [2.45, 2.75) is 45.2 Å². The molecule has 2 aliphatic heterocycles. The lowest BCUT2D eigenvalue weighted by atomic mass is 10.0. The Hall–Kier alpha value is -2.09. The Morgan fingerprint density at radius 2 is 2.04 bits per heavy atom. The molecule has 1 N–H and O–H groups in total. The largest absolute Gasteiger partial charge is 0.481 e. The number of imide groups is 1. The van der Waals surface area contributed by atoms with Gasteiger partial charge in [-0.2, -0.15) is 5.10 Å². The normalized spacial score (nSPS) is 23.4. The molecule has 0 aliphatic carbocycles. The number of hydrogen-bond acceptors (Lipinski definition) is 5.